The number of hydrogen-bond donors (Lipinski definition) is 6. The number of hydrogen-bond acceptors (Lipinski definition) is 14. The van der Waals surface area contributed by atoms with Gasteiger partial charge in [-0.25, -0.2) is 0 Å². The normalized spacial score (nSPS) is 23.1. The van der Waals surface area contributed by atoms with E-state index in [0.717, 1.165) is 127 Å². The van der Waals surface area contributed by atoms with Gasteiger partial charge >= 0.3 is 0 Å². The molecule has 0 spiro atoms. The Morgan fingerprint density at radius 3 is 1.22 bits per heavy atom. The Kier molecular flexibility index (Phi) is 21.6. The third kappa shape index (κ3) is 16.6. The predicted molar refractivity (Wildman–Crippen MR) is 348 cm³/mol. The van der Waals surface area contributed by atoms with E-state index in [-0.39, 0.29) is 49.4 Å². The third-order valence-electron chi connectivity index (χ3n) is 19.1. The van der Waals surface area contributed by atoms with Crippen LogP contribution in [0.5, 0.6) is 0 Å². The molecule has 3 aromatic heterocycles. The molecule has 6 heterocycles. The second-order valence-corrected chi connectivity index (χ2v) is 26.0. The topological polar surface area (TPSA) is 205 Å². The summed E-state index contributed by atoms with van der Waals surface area (Å²) >= 11 is 0. The lowest BCUT2D eigenvalue weighted by Gasteiger charge is -2.46. The van der Waals surface area contributed by atoms with Gasteiger partial charge in [0.15, 0.2) is 17.5 Å². The van der Waals surface area contributed by atoms with Crippen LogP contribution in [0.1, 0.15) is 108 Å². The molecule has 3 aliphatic carbocycles. The van der Waals surface area contributed by atoms with Crippen LogP contribution < -0.4 is 31.9 Å². The number of carbonyl (C=O) groups excluding carboxylic acids is 3. The SMILES string of the molecule is C=CCOCC1CCC(N2CC(NC(=O)CNc3nn(C)c4ccc(C)cc34)C2)CC1.CCOC1CCC(N2CC(NC(=O)CNc3nn(C)c4ccc(C)cc34)C2)CC1.Cc1ccc2c(c1)c(NCC(=O)NC1CN(C3CCC(C)CC3)C1)nn2C. The standard InChI is InChI=1S/C24H35N5O2.C22H33N5O2.C21H31N5O/c1-4-11-31-16-18-6-8-20(9-7-18)29-14-19(15-29)26-23(30)13-25-24-21-12-17(2)5-10-22(21)28(3)27-24;1-4-29-18-8-6-17(7-9-18)27-13-16(14-27)24-21(28)12-23-22-19-11-15(2)5-10-20(19)26(3)25-22;1-14-4-7-17(8-5-14)26-12-16(13-26)23-20(27)11-22-21-18-10-15(2)6-9-19(18)25(3)24-21/h4-5,10,12,18-20H,1,6-9,11,13-16H2,2-3H3,(H,25,27)(H,26,30);5,10-11,16-18H,4,6-9,12-14H2,1-3H3,(H,23,25)(H,24,28);6,9-10,14,16-17H,4-5,7-8,11-13H2,1-3H3,(H,22,24)(H,23,27). The largest absolute Gasteiger partial charge is 0.379 e. The molecule has 0 unspecified atom stereocenters. The molecule has 6 aliphatic rings. The van der Waals surface area contributed by atoms with Crippen LogP contribution in [0.15, 0.2) is 67.3 Å². The summed E-state index contributed by atoms with van der Waals surface area (Å²) in [5.74, 6) is 3.98. The van der Waals surface area contributed by atoms with Crippen LogP contribution in [0, 0.1) is 32.6 Å². The number of nitrogens with one attached hydrogen (secondary N) is 6. The molecule has 3 aromatic carbocycles. The van der Waals surface area contributed by atoms with Gasteiger partial charge in [0.05, 0.1) is 67.0 Å². The number of ether oxygens (including phenoxy) is 2. The first-order valence-electron chi connectivity index (χ1n) is 32.5. The average Bonchev–Trinajstić information content (AvgIpc) is 3.50. The molecule has 3 amide bonds. The Labute approximate surface area is 515 Å². The number of aryl methyl sites for hydroxylation is 6. The number of rotatable bonds is 21. The third-order valence-corrected chi connectivity index (χ3v) is 19.1. The summed E-state index contributed by atoms with van der Waals surface area (Å²) in [5.41, 5.74) is 6.75. The van der Waals surface area contributed by atoms with E-state index in [1.54, 1.807) is 0 Å². The summed E-state index contributed by atoms with van der Waals surface area (Å²) in [6.45, 7) is 23.2. The number of benzene rings is 3. The second-order valence-electron chi connectivity index (χ2n) is 26.0. The fourth-order valence-electron chi connectivity index (χ4n) is 14.0. The molecular formula is C67H99N15O5. The zero-order chi connectivity index (χ0) is 61.1. The zero-order valence-electron chi connectivity index (χ0n) is 53.2. The first-order chi connectivity index (χ1) is 42.0. The quantitative estimate of drug-likeness (QED) is 0.0299. The summed E-state index contributed by atoms with van der Waals surface area (Å²) in [6.07, 6.45) is 17.3. The molecule has 0 bridgehead atoms. The van der Waals surface area contributed by atoms with Gasteiger partial charge in [-0.3, -0.25) is 43.1 Å². The van der Waals surface area contributed by atoms with Crippen LogP contribution in [0.4, 0.5) is 17.5 Å². The average molecular weight is 1190 g/mol. The van der Waals surface area contributed by atoms with E-state index in [1.807, 2.05) is 41.3 Å². The van der Waals surface area contributed by atoms with Gasteiger partial charge in [0, 0.05) is 108 Å². The van der Waals surface area contributed by atoms with Crippen LogP contribution >= 0.6 is 0 Å². The number of aromatic nitrogens is 6. The van der Waals surface area contributed by atoms with Crippen molar-refractivity contribution in [1.29, 1.82) is 0 Å². The Hall–Kier alpha value is -6.58. The van der Waals surface area contributed by atoms with Crippen molar-refractivity contribution in [2.24, 2.45) is 33.0 Å². The summed E-state index contributed by atoms with van der Waals surface area (Å²) in [4.78, 5) is 44.7. The fourth-order valence-corrected chi connectivity index (χ4v) is 14.0. The molecule has 87 heavy (non-hydrogen) atoms. The van der Waals surface area contributed by atoms with E-state index in [9.17, 15) is 14.4 Å². The molecule has 0 radical (unpaired) electrons. The summed E-state index contributed by atoms with van der Waals surface area (Å²) < 4.78 is 16.9. The molecule has 3 aliphatic heterocycles. The van der Waals surface area contributed by atoms with Gasteiger partial charge in [0.2, 0.25) is 17.7 Å². The van der Waals surface area contributed by atoms with Crippen molar-refractivity contribution in [2.75, 3.05) is 94.7 Å². The lowest BCUT2D eigenvalue weighted by atomic mass is 9.84. The van der Waals surface area contributed by atoms with Crippen molar-refractivity contribution in [2.45, 2.75) is 154 Å². The van der Waals surface area contributed by atoms with Crippen LogP contribution in [0.2, 0.25) is 0 Å². The van der Waals surface area contributed by atoms with Gasteiger partial charge < -0.3 is 41.4 Å². The van der Waals surface area contributed by atoms with E-state index in [2.05, 4.69) is 158 Å². The summed E-state index contributed by atoms with van der Waals surface area (Å²) in [5, 5.41) is 35.8. The molecule has 472 valence electrons. The number of amides is 3. The van der Waals surface area contributed by atoms with Crippen molar-refractivity contribution in [3.8, 4) is 0 Å². The highest BCUT2D eigenvalue weighted by atomic mass is 16.5. The first kappa shape index (κ1) is 63.4. The Balaban J connectivity index is 0.000000145. The number of carbonyl (C=O) groups is 3. The minimum absolute atomic E-state index is 0.0270. The minimum Gasteiger partial charge on any atom is -0.379 e. The van der Waals surface area contributed by atoms with E-state index in [1.165, 1.54) is 80.9 Å². The summed E-state index contributed by atoms with van der Waals surface area (Å²) in [7, 11) is 5.78. The smallest absolute Gasteiger partial charge is 0.239 e. The maximum atomic E-state index is 12.4. The van der Waals surface area contributed by atoms with Crippen molar-refractivity contribution in [3.63, 3.8) is 0 Å². The molecule has 20 nitrogen and oxygen atoms in total. The summed E-state index contributed by atoms with van der Waals surface area (Å²) in [6, 6.07) is 21.6. The lowest BCUT2D eigenvalue weighted by molar-refractivity contribution is -0.122. The van der Waals surface area contributed by atoms with Crippen molar-refractivity contribution in [3.05, 3.63) is 83.9 Å². The number of fused-ring (bicyclic) bond motifs is 3. The highest BCUT2D eigenvalue weighted by Gasteiger charge is 2.38. The second kappa shape index (κ2) is 29.6. The van der Waals surface area contributed by atoms with E-state index in [4.69, 9.17) is 9.47 Å². The van der Waals surface area contributed by atoms with Crippen LogP contribution in [-0.2, 0) is 45.0 Å². The van der Waals surface area contributed by atoms with Crippen molar-refractivity contribution in [1.82, 2.24) is 60.0 Å². The van der Waals surface area contributed by atoms with Gasteiger partial charge in [-0.05, 0) is 153 Å². The monoisotopic (exact) mass is 1190 g/mol. The van der Waals surface area contributed by atoms with Gasteiger partial charge in [0.25, 0.3) is 0 Å². The van der Waals surface area contributed by atoms with Crippen molar-refractivity contribution < 1.29 is 23.9 Å². The van der Waals surface area contributed by atoms with Crippen LogP contribution in [0.25, 0.3) is 32.7 Å². The molecule has 20 heteroatoms. The molecule has 6 aromatic rings. The zero-order valence-corrected chi connectivity index (χ0v) is 53.2. The van der Waals surface area contributed by atoms with E-state index in [0.29, 0.717) is 36.8 Å². The van der Waals surface area contributed by atoms with Gasteiger partial charge in [-0.15, -0.1) is 6.58 Å². The maximum Gasteiger partial charge on any atom is 0.239 e. The van der Waals surface area contributed by atoms with Crippen molar-refractivity contribution >= 4 is 67.9 Å². The minimum atomic E-state index is 0.0270. The molecule has 6 N–H and O–H groups in total. The van der Waals surface area contributed by atoms with Gasteiger partial charge in [-0.2, -0.15) is 15.3 Å². The highest BCUT2D eigenvalue weighted by Crippen LogP contribution is 2.33. The van der Waals surface area contributed by atoms with Crippen LogP contribution in [-0.4, -0.2) is 183 Å². The van der Waals surface area contributed by atoms with Crippen LogP contribution in [0.3, 0.4) is 0 Å². The number of anilines is 3. The molecule has 6 fully saturated rings. The van der Waals surface area contributed by atoms with E-state index < -0.39 is 0 Å². The Morgan fingerprint density at radius 2 is 0.874 bits per heavy atom. The highest BCUT2D eigenvalue weighted by molar-refractivity contribution is 5.94. The van der Waals surface area contributed by atoms with Gasteiger partial charge in [0.1, 0.15) is 0 Å². The molecule has 12 rings (SSSR count). The molecule has 3 saturated heterocycles. The number of likely N-dealkylation sites (tertiary alicyclic amines) is 3. The molecule has 3 saturated carbocycles. The Morgan fingerprint density at radius 1 is 0.529 bits per heavy atom. The lowest BCUT2D eigenvalue weighted by Crippen LogP contribution is -2.63. The fraction of sp³-hybridized carbons (Fsp3) is 0.612. The number of nitrogens with zero attached hydrogens (tertiary/aromatic N) is 9. The predicted octanol–water partition coefficient (Wildman–Crippen LogP) is 7.97. The maximum absolute atomic E-state index is 12.4. The first-order valence-corrected chi connectivity index (χ1v) is 32.5. The Bertz CT molecular complexity index is 3260. The van der Waals surface area contributed by atoms with E-state index >= 15 is 0 Å². The molecular weight excluding hydrogens is 1090 g/mol. The molecule has 0 atom stereocenters. The van der Waals surface area contributed by atoms with Gasteiger partial charge in [-0.1, -0.05) is 47.9 Å².